The van der Waals surface area contributed by atoms with Crippen molar-refractivity contribution in [2.75, 3.05) is 47.5 Å². The fourth-order valence-electron chi connectivity index (χ4n) is 8.91. The van der Waals surface area contributed by atoms with E-state index in [1.165, 1.54) is 148 Å². The number of phosphoric acid groups is 1. The van der Waals surface area contributed by atoms with E-state index in [2.05, 4.69) is 111 Å². The molecule has 0 bridgehead atoms. The minimum Gasteiger partial charge on any atom is -0.756 e. The van der Waals surface area contributed by atoms with Gasteiger partial charge in [0.15, 0.2) is 6.10 Å². The molecule has 0 aliphatic carbocycles. The Balaban J connectivity index is 4.14. The first-order chi connectivity index (χ1) is 38.5. The van der Waals surface area contributed by atoms with Crippen molar-refractivity contribution in [3.8, 4) is 0 Å². The summed E-state index contributed by atoms with van der Waals surface area (Å²) >= 11 is 0. The molecule has 0 aromatic carbocycles. The number of quaternary nitrogens is 1. The highest BCUT2D eigenvalue weighted by Crippen LogP contribution is 2.38. The molecule has 79 heavy (non-hydrogen) atoms. The molecule has 0 fully saturated rings. The fourth-order valence-corrected chi connectivity index (χ4v) is 9.64. The van der Waals surface area contributed by atoms with Gasteiger partial charge in [0.25, 0.3) is 7.82 Å². The summed E-state index contributed by atoms with van der Waals surface area (Å²) in [6.07, 6.45) is 81.8. The molecule has 9 nitrogen and oxygen atoms in total. The predicted molar refractivity (Wildman–Crippen MR) is 337 cm³/mol. The highest BCUT2D eigenvalue weighted by molar-refractivity contribution is 7.45. The van der Waals surface area contributed by atoms with Gasteiger partial charge in [-0.05, 0) is 77.0 Å². The van der Waals surface area contributed by atoms with Gasteiger partial charge >= 0.3 is 11.9 Å². The number of esters is 2. The average Bonchev–Trinajstić information content (AvgIpc) is 3.41. The molecule has 0 rings (SSSR count). The van der Waals surface area contributed by atoms with E-state index < -0.39 is 26.5 Å². The lowest BCUT2D eigenvalue weighted by atomic mass is 10.0. The lowest BCUT2D eigenvalue weighted by Crippen LogP contribution is -2.37. The normalized spacial score (nSPS) is 13.8. The van der Waals surface area contributed by atoms with Gasteiger partial charge in [0.1, 0.15) is 19.8 Å². The lowest BCUT2D eigenvalue weighted by Gasteiger charge is -2.28. The number of likely N-dealkylation sites (N-methyl/N-ethyl adjacent to an activating group) is 1. The van der Waals surface area contributed by atoms with Crippen LogP contribution in [0.2, 0.25) is 0 Å². The van der Waals surface area contributed by atoms with E-state index in [4.69, 9.17) is 18.5 Å². The van der Waals surface area contributed by atoms with Crippen LogP contribution in [0.25, 0.3) is 0 Å². The molecule has 0 aliphatic rings. The molecule has 456 valence electrons. The van der Waals surface area contributed by atoms with Crippen molar-refractivity contribution in [3.63, 3.8) is 0 Å². The Morgan fingerprint density at radius 3 is 1.08 bits per heavy atom. The van der Waals surface area contributed by atoms with Crippen molar-refractivity contribution in [3.05, 3.63) is 97.2 Å². The number of carbonyl (C=O) groups excluding carboxylic acids is 2. The molecule has 0 saturated heterocycles. The molecule has 10 heteroatoms. The third kappa shape index (κ3) is 64.0. The maximum atomic E-state index is 12.8. The molecule has 0 aliphatic heterocycles. The zero-order valence-corrected chi connectivity index (χ0v) is 52.7. The van der Waals surface area contributed by atoms with Crippen LogP contribution in [-0.2, 0) is 32.7 Å². The van der Waals surface area contributed by atoms with E-state index in [9.17, 15) is 19.0 Å². The maximum Gasteiger partial charge on any atom is 0.306 e. The minimum absolute atomic E-state index is 0.0354. The first-order valence-electron chi connectivity index (χ1n) is 32.4. The number of unbranched alkanes of at least 4 members (excludes halogenated alkanes) is 29. The second-order valence-electron chi connectivity index (χ2n) is 22.8. The SMILES string of the molecule is CC/C=C\C/C=C\C/C=C\C/C=C\C/C=C\C/C=C\C/C=C\C/C=C\CCCCCCCCCCC(=O)OC(COC(=O)CCCCCCCCCCCCCCCCCCCCCCCC)COP(=O)([O-])OCC[N+](C)(C)C. The summed E-state index contributed by atoms with van der Waals surface area (Å²) in [6, 6.07) is 0. The largest absolute Gasteiger partial charge is 0.756 e. The Labute approximate surface area is 487 Å². The van der Waals surface area contributed by atoms with Gasteiger partial charge in [0, 0.05) is 12.8 Å². The Morgan fingerprint density at radius 2 is 0.722 bits per heavy atom. The van der Waals surface area contributed by atoms with Crippen molar-refractivity contribution in [1.29, 1.82) is 0 Å². The van der Waals surface area contributed by atoms with Crippen LogP contribution in [0.5, 0.6) is 0 Å². The number of hydrogen-bond donors (Lipinski definition) is 0. The molecule has 0 N–H and O–H groups in total. The van der Waals surface area contributed by atoms with Crippen molar-refractivity contribution in [1.82, 2.24) is 0 Å². The van der Waals surface area contributed by atoms with Crippen molar-refractivity contribution >= 4 is 19.8 Å². The van der Waals surface area contributed by atoms with E-state index in [1.807, 2.05) is 21.1 Å². The van der Waals surface area contributed by atoms with E-state index >= 15 is 0 Å². The van der Waals surface area contributed by atoms with E-state index in [0.29, 0.717) is 17.4 Å². The number of nitrogens with zero attached hydrogens (tertiary/aromatic N) is 1. The zero-order valence-electron chi connectivity index (χ0n) is 51.8. The van der Waals surface area contributed by atoms with Crippen LogP contribution >= 0.6 is 7.82 Å². The Kier molecular flexibility index (Phi) is 57.2. The van der Waals surface area contributed by atoms with Gasteiger partial charge in [-0.25, -0.2) is 0 Å². The number of allylic oxidation sites excluding steroid dienone is 16. The van der Waals surface area contributed by atoms with Crippen molar-refractivity contribution < 1.29 is 42.1 Å². The van der Waals surface area contributed by atoms with Crippen LogP contribution in [0.15, 0.2) is 97.2 Å². The van der Waals surface area contributed by atoms with Crippen LogP contribution in [0.3, 0.4) is 0 Å². The predicted octanol–water partition coefficient (Wildman–Crippen LogP) is 20.1. The standard InChI is InChI=1S/C69H122NO8P/c1-6-8-10-12-14-16-18-20-22-24-26-28-30-31-32-33-34-35-36-37-38-39-40-42-44-46-48-50-52-54-56-58-60-62-69(72)78-67(66-77-79(73,74)76-64-63-70(3,4)5)65-75-68(71)61-59-57-55-53-51-49-47-45-43-41-29-27-25-23-21-19-17-15-13-11-9-7-2/h8,10,14,16,20,22,26,28,31-32,34-35,37-38,40,42,67H,6-7,9,11-13,15,17-19,21,23-25,27,29-30,33,36,39,41,43-66H2,1-5H3/b10-8-,16-14-,22-20-,28-26-,32-31-,35-34-,38-37-,42-40-. The molecular formula is C69H122NO8P. The monoisotopic (exact) mass is 1120 g/mol. The highest BCUT2D eigenvalue weighted by atomic mass is 31.2. The van der Waals surface area contributed by atoms with Crippen LogP contribution in [0.4, 0.5) is 0 Å². The molecule has 0 radical (unpaired) electrons. The number of carbonyl (C=O) groups is 2. The first-order valence-corrected chi connectivity index (χ1v) is 33.9. The molecule has 0 amide bonds. The summed E-state index contributed by atoms with van der Waals surface area (Å²) in [7, 11) is 1.16. The number of rotatable bonds is 59. The van der Waals surface area contributed by atoms with Gasteiger partial charge in [0.05, 0.1) is 27.7 Å². The van der Waals surface area contributed by atoms with Gasteiger partial charge in [-0.15, -0.1) is 0 Å². The Hall–Kier alpha value is -3.07. The molecule has 0 aromatic rings. The summed E-state index contributed by atoms with van der Waals surface area (Å²) in [5, 5.41) is 0. The lowest BCUT2D eigenvalue weighted by molar-refractivity contribution is -0.870. The van der Waals surface area contributed by atoms with Gasteiger partial charge < -0.3 is 27.9 Å². The van der Waals surface area contributed by atoms with Crippen LogP contribution in [-0.4, -0.2) is 70.0 Å². The molecular weight excluding hydrogens is 1000 g/mol. The minimum atomic E-state index is -4.65. The van der Waals surface area contributed by atoms with Crippen LogP contribution < -0.4 is 4.89 Å². The molecule has 0 aromatic heterocycles. The Bertz CT molecular complexity index is 1650. The fraction of sp³-hybridized carbons (Fsp3) is 0.739. The maximum absolute atomic E-state index is 12.8. The van der Waals surface area contributed by atoms with Crippen molar-refractivity contribution in [2.24, 2.45) is 0 Å². The summed E-state index contributed by atoms with van der Waals surface area (Å²) in [6.45, 7) is 4.14. The number of hydrogen-bond acceptors (Lipinski definition) is 8. The number of phosphoric ester groups is 1. The molecule has 2 unspecified atom stereocenters. The first kappa shape index (κ1) is 75.9. The second kappa shape index (κ2) is 59.5. The summed E-state index contributed by atoms with van der Waals surface area (Å²) in [5.41, 5.74) is 0. The van der Waals surface area contributed by atoms with Gasteiger partial charge in [-0.3, -0.25) is 14.2 Å². The molecule has 0 spiro atoms. The van der Waals surface area contributed by atoms with Crippen LogP contribution in [0, 0.1) is 0 Å². The Morgan fingerprint density at radius 1 is 0.405 bits per heavy atom. The molecule has 0 heterocycles. The van der Waals surface area contributed by atoms with Gasteiger partial charge in [0.2, 0.25) is 0 Å². The van der Waals surface area contributed by atoms with Gasteiger partial charge in [-0.1, -0.05) is 284 Å². The quantitative estimate of drug-likeness (QED) is 0.0195. The number of ether oxygens (including phenoxy) is 2. The summed E-state index contributed by atoms with van der Waals surface area (Å²) in [5.74, 6) is -0.837. The van der Waals surface area contributed by atoms with Gasteiger partial charge in [-0.2, -0.15) is 0 Å². The van der Waals surface area contributed by atoms with E-state index in [-0.39, 0.29) is 32.0 Å². The summed E-state index contributed by atoms with van der Waals surface area (Å²) < 4.78 is 34.2. The zero-order chi connectivity index (χ0) is 57.7. The third-order valence-electron chi connectivity index (χ3n) is 13.9. The smallest absolute Gasteiger partial charge is 0.306 e. The van der Waals surface area contributed by atoms with E-state index in [0.717, 1.165) is 96.3 Å². The highest BCUT2D eigenvalue weighted by Gasteiger charge is 2.22. The summed E-state index contributed by atoms with van der Waals surface area (Å²) in [4.78, 5) is 38.0. The third-order valence-corrected chi connectivity index (χ3v) is 14.8. The van der Waals surface area contributed by atoms with Crippen molar-refractivity contribution in [2.45, 2.75) is 283 Å². The second-order valence-corrected chi connectivity index (χ2v) is 24.2. The topological polar surface area (TPSA) is 111 Å². The average molecular weight is 1120 g/mol. The van der Waals surface area contributed by atoms with Crippen LogP contribution in [0.1, 0.15) is 277 Å². The molecule has 2 atom stereocenters. The molecule has 0 saturated carbocycles. The van der Waals surface area contributed by atoms with E-state index in [1.54, 1.807) is 0 Å².